The Labute approximate surface area is 178 Å². The van der Waals surface area contributed by atoms with Crippen LogP contribution in [-0.4, -0.2) is 20.7 Å². The van der Waals surface area contributed by atoms with Gasteiger partial charge in [0.05, 0.1) is 0 Å². The van der Waals surface area contributed by atoms with Gasteiger partial charge in [0.1, 0.15) is 11.6 Å². The highest BCUT2D eigenvalue weighted by atomic mass is 35.5. The normalized spacial score (nSPS) is 11.1. The molecular weight excluding hydrogens is 406 g/mol. The van der Waals surface area contributed by atoms with E-state index in [-0.39, 0.29) is 5.57 Å². The van der Waals surface area contributed by atoms with E-state index in [9.17, 15) is 10.1 Å². The van der Waals surface area contributed by atoms with Crippen molar-refractivity contribution in [2.45, 2.75) is 24.4 Å². The van der Waals surface area contributed by atoms with E-state index in [0.717, 1.165) is 11.1 Å². The molecule has 8 heteroatoms. The molecule has 1 N–H and O–H groups in total. The van der Waals surface area contributed by atoms with Crippen LogP contribution in [0.25, 0.3) is 6.08 Å². The summed E-state index contributed by atoms with van der Waals surface area (Å²) in [4.78, 5) is 12.5. The Morgan fingerprint density at radius 1 is 1.21 bits per heavy atom. The molecular formula is C21H18ClN5OS. The summed E-state index contributed by atoms with van der Waals surface area (Å²) in [5.41, 5.74) is 1.76. The summed E-state index contributed by atoms with van der Waals surface area (Å²) in [6, 6.07) is 18.8. The summed E-state index contributed by atoms with van der Waals surface area (Å²) in [5.74, 6) is 0.401. The first-order valence-electron chi connectivity index (χ1n) is 8.90. The van der Waals surface area contributed by atoms with Gasteiger partial charge in [-0.3, -0.25) is 14.7 Å². The van der Waals surface area contributed by atoms with Gasteiger partial charge in [0, 0.05) is 17.3 Å². The highest BCUT2D eigenvalue weighted by molar-refractivity contribution is 7.98. The highest BCUT2D eigenvalue weighted by Gasteiger charge is 2.17. The van der Waals surface area contributed by atoms with Crippen molar-refractivity contribution in [2.24, 2.45) is 0 Å². The molecule has 0 fully saturated rings. The van der Waals surface area contributed by atoms with Gasteiger partial charge < -0.3 is 0 Å². The van der Waals surface area contributed by atoms with Gasteiger partial charge in [-0.25, -0.2) is 0 Å². The number of thioether (sulfide) groups is 1. The molecule has 1 amide bonds. The molecule has 146 valence electrons. The van der Waals surface area contributed by atoms with Gasteiger partial charge in [-0.2, -0.15) is 5.26 Å². The summed E-state index contributed by atoms with van der Waals surface area (Å²) >= 11 is 7.68. The van der Waals surface area contributed by atoms with Crippen LogP contribution in [0, 0.1) is 11.3 Å². The highest BCUT2D eigenvalue weighted by Crippen LogP contribution is 2.27. The number of nitrogens with one attached hydrogen (secondary N) is 1. The first-order chi connectivity index (χ1) is 14.1. The smallest absolute Gasteiger partial charge is 0.268 e. The van der Waals surface area contributed by atoms with E-state index in [0.29, 0.717) is 28.4 Å². The number of nitriles is 1. The SMILES string of the molecule is CCn1c(NC(=O)/C(C#N)=C/c2ccccc2)nnc1SCc1ccccc1Cl. The summed E-state index contributed by atoms with van der Waals surface area (Å²) in [7, 11) is 0. The van der Waals surface area contributed by atoms with Crippen LogP contribution in [0.3, 0.4) is 0 Å². The standard InChI is InChI=1S/C21H18ClN5OS/c1-2-27-20(24-19(28)17(13-23)12-15-8-4-3-5-9-15)25-26-21(27)29-14-16-10-6-7-11-18(16)22/h3-12H,2,14H2,1H3,(H,24,25,28)/b17-12+. The van der Waals surface area contributed by atoms with Crippen molar-refractivity contribution >= 4 is 41.3 Å². The lowest BCUT2D eigenvalue weighted by atomic mass is 10.1. The largest absolute Gasteiger partial charge is 0.290 e. The number of benzene rings is 2. The minimum Gasteiger partial charge on any atom is -0.290 e. The zero-order valence-corrected chi connectivity index (χ0v) is 17.2. The molecule has 0 spiro atoms. The number of aromatic nitrogens is 3. The van der Waals surface area contributed by atoms with E-state index in [4.69, 9.17) is 11.6 Å². The number of halogens is 1. The molecule has 0 unspecified atom stereocenters. The molecule has 0 aliphatic heterocycles. The third-order valence-corrected chi connectivity index (χ3v) is 5.43. The van der Waals surface area contributed by atoms with Crippen LogP contribution in [-0.2, 0) is 17.1 Å². The van der Waals surface area contributed by atoms with E-state index >= 15 is 0 Å². The van der Waals surface area contributed by atoms with Crippen LogP contribution in [0.4, 0.5) is 5.95 Å². The van der Waals surface area contributed by atoms with Crippen molar-refractivity contribution in [3.8, 4) is 6.07 Å². The third-order valence-electron chi connectivity index (χ3n) is 4.05. The van der Waals surface area contributed by atoms with Crippen molar-refractivity contribution in [3.05, 3.63) is 76.3 Å². The Kier molecular flexibility index (Phi) is 7.06. The number of carbonyl (C=O) groups is 1. The molecule has 0 aliphatic rings. The Morgan fingerprint density at radius 3 is 2.62 bits per heavy atom. The Morgan fingerprint density at radius 2 is 1.93 bits per heavy atom. The molecule has 6 nitrogen and oxygen atoms in total. The number of anilines is 1. The van der Waals surface area contributed by atoms with Crippen molar-refractivity contribution in [1.82, 2.24) is 14.8 Å². The lowest BCUT2D eigenvalue weighted by molar-refractivity contribution is -0.112. The predicted molar refractivity (Wildman–Crippen MR) is 115 cm³/mol. The lowest BCUT2D eigenvalue weighted by Gasteiger charge is -2.08. The summed E-state index contributed by atoms with van der Waals surface area (Å²) in [5, 5.41) is 21.6. The predicted octanol–water partition coefficient (Wildman–Crippen LogP) is 4.79. The summed E-state index contributed by atoms with van der Waals surface area (Å²) in [6.07, 6.45) is 1.54. The van der Waals surface area contributed by atoms with E-state index < -0.39 is 5.91 Å². The van der Waals surface area contributed by atoms with E-state index in [1.165, 1.54) is 17.8 Å². The average molecular weight is 424 g/mol. The van der Waals surface area contributed by atoms with Gasteiger partial charge in [-0.05, 0) is 30.2 Å². The average Bonchev–Trinajstić information content (AvgIpc) is 3.13. The molecule has 0 bridgehead atoms. The van der Waals surface area contributed by atoms with Crippen LogP contribution in [0.15, 0.2) is 65.3 Å². The molecule has 0 aliphatic carbocycles. The lowest BCUT2D eigenvalue weighted by Crippen LogP contribution is -2.17. The number of rotatable bonds is 7. The Balaban J connectivity index is 1.74. The molecule has 0 saturated heterocycles. The zero-order valence-electron chi connectivity index (χ0n) is 15.7. The number of carbonyl (C=O) groups excluding carboxylic acids is 1. The summed E-state index contributed by atoms with van der Waals surface area (Å²) in [6.45, 7) is 2.50. The van der Waals surface area contributed by atoms with Gasteiger partial charge in [0.15, 0.2) is 5.16 Å². The minimum atomic E-state index is -0.527. The van der Waals surface area contributed by atoms with Gasteiger partial charge in [0.2, 0.25) is 5.95 Å². The molecule has 0 radical (unpaired) electrons. The molecule has 0 atom stereocenters. The fourth-order valence-electron chi connectivity index (χ4n) is 2.56. The van der Waals surface area contributed by atoms with E-state index in [1.54, 1.807) is 4.57 Å². The Bertz CT molecular complexity index is 1070. The van der Waals surface area contributed by atoms with E-state index in [1.807, 2.05) is 67.6 Å². The zero-order chi connectivity index (χ0) is 20.6. The minimum absolute atomic E-state index is 0.00729. The fourth-order valence-corrected chi connectivity index (χ4v) is 3.85. The second-order valence-electron chi connectivity index (χ2n) is 5.97. The second kappa shape index (κ2) is 9.92. The molecule has 3 aromatic rings. The molecule has 0 saturated carbocycles. The first-order valence-corrected chi connectivity index (χ1v) is 10.3. The first kappa shape index (κ1) is 20.6. The second-order valence-corrected chi connectivity index (χ2v) is 7.31. The van der Waals surface area contributed by atoms with Gasteiger partial charge >= 0.3 is 0 Å². The topological polar surface area (TPSA) is 83.6 Å². The van der Waals surface area contributed by atoms with Crippen molar-refractivity contribution < 1.29 is 4.79 Å². The molecule has 3 rings (SSSR count). The van der Waals surface area contributed by atoms with Crippen LogP contribution in [0.1, 0.15) is 18.1 Å². The van der Waals surface area contributed by atoms with Gasteiger partial charge in [0.25, 0.3) is 5.91 Å². The van der Waals surface area contributed by atoms with Crippen LogP contribution < -0.4 is 5.32 Å². The van der Waals surface area contributed by atoms with Crippen molar-refractivity contribution in [2.75, 3.05) is 5.32 Å². The number of hydrogen-bond donors (Lipinski definition) is 1. The maximum Gasteiger partial charge on any atom is 0.268 e. The van der Waals surface area contributed by atoms with Gasteiger partial charge in [-0.1, -0.05) is 71.9 Å². The van der Waals surface area contributed by atoms with Crippen molar-refractivity contribution in [1.29, 1.82) is 5.26 Å². The molecule has 29 heavy (non-hydrogen) atoms. The number of amides is 1. The number of hydrogen-bond acceptors (Lipinski definition) is 5. The molecule has 1 aromatic heterocycles. The molecule has 2 aromatic carbocycles. The fraction of sp³-hybridized carbons (Fsp3) is 0.143. The van der Waals surface area contributed by atoms with E-state index in [2.05, 4.69) is 15.5 Å². The van der Waals surface area contributed by atoms with Gasteiger partial charge in [-0.15, -0.1) is 10.2 Å². The van der Waals surface area contributed by atoms with Crippen molar-refractivity contribution in [3.63, 3.8) is 0 Å². The van der Waals surface area contributed by atoms with Crippen LogP contribution in [0.5, 0.6) is 0 Å². The monoisotopic (exact) mass is 423 g/mol. The molecule has 1 heterocycles. The third kappa shape index (κ3) is 5.25. The maximum absolute atomic E-state index is 12.5. The van der Waals surface area contributed by atoms with Crippen LogP contribution >= 0.6 is 23.4 Å². The Hall–Kier alpha value is -3.08. The maximum atomic E-state index is 12.5. The summed E-state index contributed by atoms with van der Waals surface area (Å²) < 4.78 is 1.79. The quantitative estimate of drug-likeness (QED) is 0.335. The van der Waals surface area contributed by atoms with Crippen LogP contribution in [0.2, 0.25) is 5.02 Å². The number of nitrogens with zero attached hydrogens (tertiary/aromatic N) is 4.